The molecule has 2 aromatic rings. The molecule has 0 aliphatic heterocycles. The molecule has 2 aromatic carbocycles. The van der Waals surface area contributed by atoms with Gasteiger partial charge in [-0.3, -0.25) is 0 Å². The van der Waals surface area contributed by atoms with Crippen molar-refractivity contribution in [2.45, 2.75) is 50.9 Å². The highest BCUT2D eigenvalue weighted by molar-refractivity contribution is 6.79. The van der Waals surface area contributed by atoms with Crippen molar-refractivity contribution in [3.8, 4) is 5.75 Å². The van der Waals surface area contributed by atoms with E-state index in [0.29, 0.717) is 12.1 Å². The smallest absolute Gasteiger partial charge is 0.126 e. The van der Waals surface area contributed by atoms with Crippen molar-refractivity contribution in [1.29, 1.82) is 0 Å². The zero-order chi connectivity index (χ0) is 22.1. The molecule has 0 spiro atoms. The van der Waals surface area contributed by atoms with Gasteiger partial charge >= 0.3 is 0 Å². The second-order valence-electron chi connectivity index (χ2n) is 10.3. The second kappa shape index (κ2) is 8.47. The van der Waals surface area contributed by atoms with Crippen molar-refractivity contribution in [2.24, 2.45) is 0 Å². The third-order valence-electron chi connectivity index (χ3n) is 6.10. The Hall–Kier alpha value is -2.26. The van der Waals surface area contributed by atoms with Crippen molar-refractivity contribution in [3.63, 3.8) is 0 Å². The molecule has 0 amide bonds. The van der Waals surface area contributed by atoms with Crippen LogP contribution in [0, 0.1) is 0 Å². The van der Waals surface area contributed by atoms with Crippen LogP contribution in [0.2, 0.25) is 13.1 Å². The number of hydrogen-bond donors (Lipinski definition) is 0. The van der Waals surface area contributed by atoms with Crippen LogP contribution in [0.15, 0.2) is 60.8 Å². The molecule has 0 aromatic heterocycles. The maximum atomic E-state index is 6.28. The fraction of sp³-hybridized carbons (Fsp3) is 0.407. The fourth-order valence-corrected chi connectivity index (χ4v) is 8.45. The lowest BCUT2D eigenvalue weighted by Crippen LogP contribution is -2.41. The summed E-state index contributed by atoms with van der Waals surface area (Å²) in [4.78, 5) is 2.31. The maximum Gasteiger partial charge on any atom is 0.126 e. The molecule has 30 heavy (non-hydrogen) atoms. The molecule has 160 valence electrons. The largest absolute Gasteiger partial charge is 0.489 e. The normalized spacial score (nSPS) is 16.1. The zero-order valence-electron chi connectivity index (χ0n) is 19.8. The van der Waals surface area contributed by atoms with E-state index in [9.17, 15) is 0 Å². The van der Waals surface area contributed by atoms with Crippen LogP contribution in [0.25, 0.3) is 6.08 Å². The Morgan fingerprint density at radius 3 is 2.40 bits per heavy atom. The van der Waals surface area contributed by atoms with E-state index >= 15 is 0 Å². The molecule has 0 saturated carbocycles. The highest BCUT2D eigenvalue weighted by Crippen LogP contribution is 2.45. The average molecular weight is 420 g/mol. The molecular formula is C27H37NOSi. The number of benzene rings is 2. The molecule has 0 radical (unpaired) electrons. The van der Waals surface area contributed by atoms with Crippen LogP contribution in [0.1, 0.15) is 48.6 Å². The number of likely N-dealkylation sites (N-methyl/N-ethyl adjacent to an activating group) is 1. The first-order valence-electron chi connectivity index (χ1n) is 10.9. The molecule has 0 saturated heterocycles. The summed E-state index contributed by atoms with van der Waals surface area (Å²) in [6.45, 7) is 16.2. The van der Waals surface area contributed by atoms with Gasteiger partial charge in [0.25, 0.3) is 0 Å². The first kappa shape index (κ1) is 22.4. The van der Waals surface area contributed by atoms with E-state index < -0.39 is 8.07 Å². The van der Waals surface area contributed by atoms with E-state index in [0.717, 1.165) is 11.8 Å². The van der Waals surface area contributed by atoms with Gasteiger partial charge in [-0.25, -0.2) is 0 Å². The van der Waals surface area contributed by atoms with Crippen molar-refractivity contribution in [1.82, 2.24) is 4.90 Å². The van der Waals surface area contributed by atoms with E-state index in [2.05, 4.69) is 108 Å². The predicted molar refractivity (Wildman–Crippen MR) is 133 cm³/mol. The van der Waals surface area contributed by atoms with Gasteiger partial charge in [0.15, 0.2) is 0 Å². The molecule has 1 unspecified atom stereocenters. The lowest BCUT2D eigenvalue weighted by atomic mass is 9.85. The van der Waals surface area contributed by atoms with Crippen molar-refractivity contribution in [3.05, 3.63) is 83.1 Å². The highest BCUT2D eigenvalue weighted by Gasteiger charge is 2.41. The number of ether oxygens (including phenoxy) is 1. The van der Waals surface area contributed by atoms with E-state index in [-0.39, 0.29) is 5.41 Å². The molecule has 1 aliphatic carbocycles. The molecule has 1 atom stereocenters. The molecule has 0 N–H and O–H groups in total. The number of fused-ring (bicyclic) bond motifs is 1. The SMILES string of the molecule is C=CCOc1c(C[Si](C)(C)C2C(N(C)C)=Cc3ccccc32)cccc1C(C)(C)C. The fourth-order valence-electron chi connectivity index (χ4n) is 4.74. The Kier molecular flexibility index (Phi) is 6.33. The van der Waals surface area contributed by atoms with Gasteiger partial charge < -0.3 is 9.64 Å². The third-order valence-corrected chi connectivity index (χ3v) is 9.56. The van der Waals surface area contributed by atoms with Gasteiger partial charge in [-0.15, -0.1) is 0 Å². The molecule has 1 aliphatic rings. The summed E-state index contributed by atoms with van der Waals surface area (Å²) in [5.74, 6) is 1.06. The van der Waals surface area contributed by atoms with Gasteiger partial charge in [-0.05, 0) is 39.8 Å². The Labute approximate surface area is 184 Å². The summed E-state index contributed by atoms with van der Waals surface area (Å²) in [6, 6.07) is 16.7. The molecule has 3 rings (SSSR count). The summed E-state index contributed by atoms with van der Waals surface area (Å²) in [6.07, 6.45) is 4.22. The maximum absolute atomic E-state index is 6.28. The predicted octanol–water partition coefficient (Wildman–Crippen LogP) is 6.58. The van der Waals surface area contributed by atoms with Gasteiger partial charge in [0.1, 0.15) is 12.4 Å². The minimum Gasteiger partial charge on any atom is -0.489 e. The standard InChI is InChI=1S/C27H37NOSi/c1-9-17-29-25-21(14-12-16-23(25)27(2,3)4)19-30(7,8)26-22-15-11-10-13-20(22)18-24(26)28(5)6/h9-16,18,26H,1,17,19H2,2-8H3. The van der Waals surface area contributed by atoms with Crippen LogP contribution >= 0.6 is 0 Å². The third kappa shape index (κ3) is 4.41. The van der Waals surface area contributed by atoms with Crippen molar-refractivity contribution >= 4 is 14.1 Å². The number of allylic oxidation sites excluding steroid dienone is 1. The topological polar surface area (TPSA) is 12.5 Å². The Bertz CT molecular complexity index is 950. The van der Waals surface area contributed by atoms with Crippen LogP contribution in [0.5, 0.6) is 5.75 Å². The molecule has 0 fully saturated rings. The summed E-state index contributed by atoms with van der Waals surface area (Å²) in [5.41, 5.74) is 7.43. The second-order valence-corrected chi connectivity index (χ2v) is 15.2. The lowest BCUT2D eigenvalue weighted by Gasteiger charge is -2.36. The minimum atomic E-state index is -1.76. The number of rotatable bonds is 7. The van der Waals surface area contributed by atoms with Gasteiger partial charge in [-0.1, -0.05) is 89.0 Å². The van der Waals surface area contributed by atoms with Crippen molar-refractivity contribution < 1.29 is 4.74 Å². The Morgan fingerprint density at radius 1 is 1.07 bits per heavy atom. The number of nitrogens with zero attached hydrogens (tertiary/aromatic N) is 1. The molecule has 0 bridgehead atoms. The Morgan fingerprint density at radius 2 is 1.77 bits per heavy atom. The summed E-state index contributed by atoms with van der Waals surface area (Å²) in [7, 11) is 2.59. The van der Waals surface area contributed by atoms with E-state index in [4.69, 9.17) is 4.74 Å². The Balaban J connectivity index is 2.05. The van der Waals surface area contributed by atoms with Gasteiger partial charge in [0.05, 0.1) is 8.07 Å². The van der Waals surface area contributed by atoms with Gasteiger partial charge in [0, 0.05) is 25.3 Å². The lowest BCUT2D eigenvalue weighted by molar-refractivity contribution is 0.348. The van der Waals surface area contributed by atoms with Gasteiger partial charge in [-0.2, -0.15) is 0 Å². The highest BCUT2D eigenvalue weighted by atomic mass is 28.3. The quantitative estimate of drug-likeness (QED) is 0.371. The molecule has 3 heteroatoms. The number of para-hydroxylation sites is 1. The summed E-state index contributed by atoms with van der Waals surface area (Å²) in [5, 5.41) is 0. The summed E-state index contributed by atoms with van der Waals surface area (Å²) < 4.78 is 6.28. The monoisotopic (exact) mass is 419 g/mol. The van der Waals surface area contributed by atoms with E-state index in [1.807, 2.05) is 6.08 Å². The van der Waals surface area contributed by atoms with Crippen LogP contribution in [0.4, 0.5) is 0 Å². The number of hydrogen-bond acceptors (Lipinski definition) is 2. The van der Waals surface area contributed by atoms with E-state index in [1.165, 1.54) is 28.0 Å². The average Bonchev–Trinajstić information content (AvgIpc) is 3.06. The molecule has 0 heterocycles. The summed E-state index contributed by atoms with van der Waals surface area (Å²) >= 11 is 0. The first-order valence-corrected chi connectivity index (χ1v) is 14.2. The molecule has 2 nitrogen and oxygen atoms in total. The van der Waals surface area contributed by atoms with Crippen molar-refractivity contribution in [2.75, 3.05) is 20.7 Å². The van der Waals surface area contributed by atoms with E-state index in [1.54, 1.807) is 0 Å². The minimum absolute atomic E-state index is 0.0346. The van der Waals surface area contributed by atoms with Crippen LogP contribution in [-0.2, 0) is 11.5 Å². The zero-order valence-corrected chi connectivity index (χ0v) is 20.8. The van der Waals surface area contributed by atoms with Crippen LogP contribution in [-0.4, -0.2) is 33.7 Å². The van der Waals surface area contributed by atoms with Crippen LogP contribution in [0.3, 0.4) is 0 Å². The van der Waals surface area contributed by atoms with Gasteiger partial charge in [0.2, 0.25) is 0 Å². The first-order chi connectivity index (χ1) is 14.1. The van der Waals surface area contributed by atoms with Crippen LogP contribution < -0.4 is 4.74 Å². The molecular weight excluding hydrogens is 382 g/mol.